The van der Waals surface area contributed by atoms with Crippen molar-refractivity contribution in [2.75, 3.05) is 12.4 Å². The third-order valence-electron chi connectivity index (χ3n) is 4.54. The van der Waals surface area contributed by atoms with Gasteiger partial charge in [0.1, 0.15) is 5.75 Å². The predicted molar refractivity (Wildman–Crippen MR) is 120 cm³/mol. The van der Waals surface area contributed by atoms with Gasteiger partial charge in [-0.1, -0.05) is 41.9 Å². The van der Waals surface area contributed by atoms with Gasteiger partial charge in [0, 0.05) is 34.1 Å². The summed E-state index contributed by atoms with van der Waals surface area (Å²) in [6, 6.07) is 21.6. The summed E-state index contributed by atoms with van der Waals surface area (Å²) < 4.78 is 6.77. The van der Waals surface area contributed by atoms with Crippen molar-refractivity contribution >= 4 is 29.1 Å². The molecule has 0 spiro atoms. The van der Waals surface area contributed by atoms with Gasteiger partial charge >= 0.3 is 0 Å². The predicted octanol–water partition coefficient (Wildman–Crippen LogP) is 4.64. The molecule has 1 aromatic heterocycles. The zero-order valence-electron chi connectivity index (χ0n) is 16.6. The Balaban J connectivity index is 1.57. The maximum absolute atomic E-state index is 12.9. The van der Waals surface area contributed by atoms with Crippen molar-refractivity contribution in [3.8, 4) is 11.4 Å². The second kappa shape index (κ2) is 9.23. The van der Waals surface area contributed by atoms with Crippen LogP contribution in [0, 0.1) is 0 Å². The van der Waals surface area contributed by atoms with Gasteiger partial charge in [0.2, 0.25) is 0 Å². The van der Waals surface area contributed by atoms with Crippen LogP contribution in [-0.2, 0) is 0 Å². The summed E-state index contributed by atoms with van der Waals surface area (Å²) in [7, 11) is 1.61. The quantitative estimate of drug-likeness (QED) is 0.429. The van der Waals surface area contributed by atoms with Crippen molar-refractivity contribution in [2.45, 2.75) is 0 Å². The molecule has 1 heterocycles. The fourth-order valence-corrected chi connectivity index (χ4v) is 3.16. The molecule has 0 radical (unpaired) electrons. The molecule has 0 saturated heterocycles. The SMILES string of the molecule is COc1ccc(-n2nnnc2C=CNc2ccc(Cl)cc2C(=O)c2ccccc2)cc1. The number of halogens is 1. The third kappa shape index (κ3) is 4.62. The first-order chi connectivity index (χ1) is 15.2. The van der Waals surface area contributed by atoms with Gasteiger partial charge in [-0.2, -0.15) is 4.68 Å². The third-order valence-corrected chi connectivity index (χ3v) is 4.78. The molecule has 31 heavy (non-hydrogen) atoms. The summed E-state index contributed by atoms with van der Waals surface area (Å²) >= 11 is 6.14. The van der Waals surface area contributed by atoms with E-state index in [4.69, 9.17) is 16.3 Å². The van der Waals surface area contributed by atoms with Crippen LogP contribution in [0.5, 0.6) is 5.75 Å². The first-order valence-corrected chi connectivity index (χ1v) is 9.79. The molecule has 0 saturated carbocycles. The molecule has 0 fully saturated rings. The van der Waals surface area contributed by atoms with Gasteiger partial charge in [-0.3, -0.25) is 4.79 Å². The Bertz CT molecular complexity index is 1220. The van der Waals surface area contributed by atoms with E-state index in [9.17, 15) is 4.79 Å². The van der Waals surface area contributed by atoms with Crippen molar-refractivity contribution in [1.29, 1.82) is 0 Å². The second-order valence-corrected chi connectivity index (χ2v) is 6.95. The van der Waals surface area contributed by atoms with Crippen LogP contribution in [0.3, 0.4) is 0 Å². The highest BCUT2D eigenvalue weighted by molar-refractivity contribution is 6.31. The Labute approximate surface area is 183 Å². The monoisotopic (exact) mass is 431 g/mol. The number of nitrogens with zero attached hydrogens (tertiary/aromatic N) is 4. The van der Waals surface area contributed by atoms with E-state index in [0.717, 1.165) is 11.4 Å². The molecule has 1 N–H and O–H groups in total. The summed E-state index contributed by atoms with van der Waals surface area (Å²) in [6.45, 7) is 0. The lowest BCUT2D eigenvalue weighted by Crippen LogP contribution is -2.05. The average Bonchev–Trinajstić information content (AvgIpc) is 3.28. The first kappa shape index (κ1) is 20.3. The summed E-state index contributed by atoms with van der Waals surface area (Å²) in [4.78, 5) is 12.9. The highest BCUT2D eigenvalue weighted by Gasteiger charge is 2.14. The van der Waals surface area contributed by atoms with Gasteiger partial charge in [0.05, 0.1) is 12.8 Å². The Morgan fingerprint density at radius 1 is 1.06 bits per heavy atom. The largest absolute Gasteiger partial charge is 0.497 e. The van der Waals surface area contributed by atoms with Gasteiger partial charge < -0.3 is 10.1 Å². The number of anilines is 1. The Morgan fingerprint density at radius 2 is 1.84 bits per heavy atom. The number of nitrogens with one attached hydrogen (secondary N) is 1. The van der Waals surface area contributed by atoms with Gasteiger partial charge in [-0.15, -0.1) is 5.10 Å². The van der Waals surface area contributed by atoms with Crippen LogP contribution >= 0.6 is 11.6 Å². The van der Waals surface area contributed by atoms with Crippen molar-refractivity contribution in [2.24, 2.45) is 0 Å². The standard InChI is InChI=1S/C23H18ClN5O2/c1-31-19-10-8-18(9-11-19)29-22(26-27-28-29)13-14-25-21-12-7-17(24)15-20(21)23(30)16-5-3-2-4-6-16/h2-15,25H,1H3. The van der Waals surface area contributed by atoms with Crippen LogP contribution in [0.1, 0.15) is 21.7 Å². The number of hydrogen-bond acceptors (Lipinski definition) is 6. The maximum atomic E-state index is 12.9. The van der Waals surface area contributed by atoms with Gasteiger partial charge in [-0.25, -0.2) is 0 Å². The van der Waals surface area contributed by atoms with E-state index in [0.29, 0.717) is 27.7 Å². The molecule has 0 amide bonds. The summed E-state index contributed by atoms with van der Waals surface area (Å²) in [5.41, 5.74) is 2.47. The fourth-order valence-electron chi connectivity index (χ4n) is 2.99. The minimum absolute atomic E-state index is 0.123. The smallest absolute Gasteiger partial charge is 0.195 e. The lowest BCUT2D eigenvalue weighted by molar-refractivity contribution is 0.103. The van der Waals surface area contributed by atoms with E-state index in [1.54, 1.807) is 54.4 Å². The summed E-state index contributed by atoms with van der Waals surface area (Å²) in [5, 5.41) is 15.4. The highest BCUT2D eigenvalue weighted by Crippen LogP contribution is 2.24. The number of aromatic nitrogens is 4. The van der Waals surface area contributed by atoms with E-state index in [-0.39, 0.29) is 5.78 Å². The molecule has 7 nitrogen and oxygen atoms in total. The van der Waals surface area contributed by atoms with E-state index in [1.165, 1.54) is 0 Å². The molecule has 4 rings (SSSR count). The van der Waals surface area contributed by atoms with Crippen LogP contribution in [0.2, 0.25) is 5.02 Å². The number of ether oxygens (including phenoxy) is 1. The van der Waals surface area contributed by atoms with E-state index in [1.807, 2.05) is 42.5 Å². The molecule has 0 aliphatic heterocycles. The van der Waals surface area contributed by atoms with Gasteiger partial charge in [-0.05, 0) is 52.9 Å². The molecular formula is C23H18ClN5O2. The molecule has 4 aromatic rings. The summed E-state index contributed by atoms with van der Waals surface area (Å²) in [6.07, 6.45) is 3.40. The lowest BCUT2D eigenvalue weighted by atomic mass is 10.0. The fraction of sp³-hybridized carbons (Fsp3) is 0.0435. The molecule has 8 heteroatoms. The molecule has 3 aromatic carbocycles. The molecule has 0 aliphatic rings. The number of ketones is 1. The minimum atomic E-state index is -0.123. The normalized spacial score (nSPS) is 10.9. The number of carbonyl (C=O) groups excluding carboxylic acids is 1. The summed E-state index contributed by atoms with van der Waals surface area (Å²) in [5.74, 6) is 1.14. The lowest BCUT2D eigenvalue weighted by Gasteiger charge is -2.09. The number of methoxy groups -OCH3 is 1. The van der Waals surface area contributed by atoms with Crippen LogP contribution in [0.15, 0.2) is 79.0 Å². The van der Waals surface area contributed by atoms with E-state index < -0.39 is 0 Å². The number of benzene rings is 3. The van der Waals surface area contributed by atoms with Crippen molar-refractivity contribution in [3.63, 3.8) is 0 Å². The molecule has 0 bridgehead atoms. The van der Waals surface area contributed by atoms with Crippen LogP contribution in [-0.4, -0.2) is 33.1 Å². The highest BCUT2D eigenvalue weighted by atomic mass is 35.5. The van der Waals surface area contributed by atoms with Crippen molar-refractivity contribution in [3.05, 3.63) is 101 Å². The maximum Gasteiger partial charge on any atom is 0.195 e. The molecule has 0 unspecified atom stereocenters. The topological polar surface area (TPSA) is 81.9 Å². The van der Waals surface area contributed by atoms with Crippen molar-refractivity contribution < 1.29 is 9.53 Å². The zero-order valence-corrected chi connectivity index (χ0v) is 17.3. The van der Waals surface area contributed by atoms with E-state index >= 15 is 0 Å². The molecule has 0 atom stereocenters. The first-order valence-electron chi connectivity index (χ1n) is 9.41. The Morgan fingerprint density at radius 3 is 2.58 bits per heavy atom. The second-order valence-electron chi connectivity index (χ2n) is 6.51. The zero-order chi connectivity index (χ0) is 21.6. The van der Waals surface area contributed by atoms with Gasteiger partial charge in [0.15, 0.2) is 11.6 Å². The molecule has 154 valence electrons. The molecule has 0 aliphatic carbocycles. The van der Waals surface area contributed by atoms with Crippen molar-refractivity contribution in [1.82, 2.24) is 20.2 Å². The minimum Gasteiger partial charge on any atom is -0.497 e. The van der Waals surface area contributed by atoms with Crippen LogP contribution in [0.25, 0.3) is 11.8 Å². The van der Waals surface area contributed by atoms with Crippen LogP contribution in [0.4, 0.5) is 5.69 Å². The molecular weight excluding hydrogens is 414 g/mol. The average molecular weight is 432 g/mol. The number of tetrazole rings is 1. The van der Waals surface area contributed by atoms with Crippen LogP contribution < -0.4 is 10.1 Å². The van der Waals surface area contributed by atoms with E-state index in [2.05, 4.69) is 20.8 Å². The number of rotatable bonds is 7. The number of carbonyl (C=O) groups is 1. The van der Waals surface area contributed by atoms with Gasteiger partial charge in [0.25, 0.3) is 0 Å². The number of hydrogen-bond donors (Lipinski definition) is 1. The Kier molecular flexibility index (Phi) is 6.05. The Hall–Kier alpha value is -3.97.